The van der Waals surface area contributed by atoms with E-state index in [2.05, 4.69) is 37.9 Å². The molecular weight excluding hydrogens is 486 g/mol. The van der Waals surface area contributed by atoms with Gasteiger partial charge in [-0.25, -0.2) is 8.42 Å². The van der Waals surface area contributed by atoms with E-state index in [9.17, 15) is 13.2 Å². The van der Waals surface area contributed by atoms with Crippen LogP contribution in [0, 0.1) is 6.92 Å². The Morgan fingerprint density at radius 1 is 1.20 bits per heavy atom. The van der Waals surface area contributed by atoms with Crippen molar-refractivity contribution in [2.75, 3.05) is 31.6 Å². The zero-order valence-corrected chi connectivity index (χ0v) is 21.7. The molecule has 0 aliphatic carbocycles. The largest absolute Gasteiger partial charge is 0.379 e. The maximum atomic E-state index is 13.5. The number of nitrogens with zero attached hydrogens (tertiary/aromatic N) is 2. The van der Waals surface area contributed by atoms with Crippen molar-refractivity contribution in [3.05, 3.63) is 70.9 Å². The van der Waals surface area contributed by atoms with Crippen molar-refractivity contribution in [2.45, 2.75) is 38.1 Å². The fourth-order valence-electron chi connectivity index (χ4n) is 4.39. The molecule has 7 nitrogen and oxygen atoms in total. The lowest BCUT2D eigenvalue weighted by molar-refractivity contribution is 0.0730. The van der Waals surface area contributed by atoms with Gasteiger partial charge in [0, 0.05) is 30.5 Å². The highest BCUT2D eigenvalue weighted by molar-refractivity contribution is 7.89. The fraction of sp³-hybridized carbons (Fsp3) is 0.346. The van der Waals surface area contributed by atoms with Gasteiger partial charge in [-0.1, -0.05) is 37.6 Å². The van der Waals surface area contributed by atoms with Crippen molar-refractivity contribution < 1.29 is 17.9 Å². The molecule has 1 fully saturated rings. The molecule has 2 heterocycles. The number of anilines is 1. The molecule has 0 atom stereocenters. The first kappa shape index (κ1) is 25.4. The average Bonchev–Trinajstić information content (AvgIpc) is 3.12. The van der Waals surface area contributed by atoms with Crippen LogP contribution in [0.5, 0.6) is 0 Å². The van der Waals surface area contributed by atoms with Crippen molar-refractivity contribution in [2.24, 2.45) is 0 Å². The van der Waals surface area contributed by atoms with Crippen LogP contribution in [0.15, 0.2) is 53.9 Å². The zero-order chi connectivity index (χ0) is 25.3. The molecule has 9 heteroatoms. The summed E-state index contributed by atoms with van der Waals surface area (Å²) in [6.45, 7) is 11.7. The molecule has 0 spiro atoms. The predicted octanol–water partition coefficient (Wildman–Crippen LogP) is 5.19. The van der Waals surface area contributed by atoms with Gasteiger partial charge in [-0.2, -0.15) is 4.31 Å². The number of aromatic nitrogens is 1. The van der Waals surface area contributed by atoms with E-state index in [1.165, 1.54) is 28.1 Å². The summed E-state index contributed by atoms with van der Waals surface area (Å²) < 4.78 is 34.8. The van der Waals surface area contributed by atoms with Crippen LogP contribution in [0.1, 0.15) is 41.4 Å². The molecule has 0 radical (unpaired) electrons. The Morgan fingerprint density at radius 2 is 1.91 bits per heavy atom. The standard InChI is InChI=1S/C26H30ClN3O4S/c1-5-10-30-24-9-6-19(17(2)3)15-21(24)18(4)25(30)26(31)28-23-16-20(7-8-22(23)27)35(32,33)29-11-13-34-14-12-29/h5-9,15-17H,1,10-14H2,2-4H3,(H,28,31). The first-order valence-electron chi connectivity index (χ1n) is 11.6. The molecule has 1 N–H and O–H groups in total. The van der Waals surface area contributed by atoms with Gasteiger partial charge in [-0.05, 0) is 54.3 Å². The molecular formula is C26H30ClN3O4S. The summed E-state index contributed by atoms with van der Waals surface area (Å²) in [7, 11) is -3.74. The van der Waals surface area contributed by atoms with E-state index in [1.807, 2.05) is 17.6 Å². The number of morpholine rings is 1. The maximum absolute atomic E-state index is 13.5. The van der Waals surface area contributed by atoms with Crippen LogP contribution in [0.3, 0.4) is 0 Å². The highest BCUT2D eigenvalue weighted by atomic mass is 35.5. The maximum Gasteiger partial charge on any atom is 0.272 e. The molecule has 1 aliphatic rings. The number of nitrogens with one attached hydrogen (secondary N) is 1. The lowest BCUT2D eigenvalue weighted by Crippen LogP contribution is -2.40. The molecule has 0 saturated carbocycles. The number of carbonyl (C=O) groups is 1. The second kappa shape index (κ2) is 10.1. The second-order valence-electron chi connectivity index (χ2n) is 8.92. The van der Waals surface area contributed by atoms with Crippen LogP contribution in [0.4, 0.5) is 5.69 Å². The van der Waals surface area contributed by atoms with Crippen molar-refractivity contribution in [1.29, 1.82) is 0 Å². The van der Waals surface area contributed by atoms with Crippen LogP contribution < -0.4 is 5.32 Å². The topological polar surface area (TPSA) is 80.6 Å². The van der Waals surface area contributed by atoms with E-state index >= 15 is 0 Å². The minimum atomic E-state index is -3.74. The number of sulfonamides is 1. The Kier molecular flexibility index (Phi) is 7.38. The summed E-state index contributed by atoms with van der Waals surface area (Å²) in [4.78, 5) is 13.6. The third kappa shape index (κ3) is 4.89. The number of benzene rings is 2. The number of allylic oxidation sites excluding steroid dienone is 1. The van der Waals surface area contributed by atoms with Crippen LogP contribution in [-0.4, -0.2) is 49.5 Å². The number of aryl methyl sites for hydroxylation is 1. The molecule has 1 amide bonds. The van der Waals surface area contributed by atoms with Gasteiger partial charge in [0.2, 0.25) is 10.0 Å². The first-order chi connectivity index (χ1) is 16.6. The summed E-state index contributed by atoms with van der Waals surface area (Å²) in [5.74, 6) is -0.0109. The summed E-state index contributed by atoms with van der Waals surface area (Å²) in [5.41, 5.74) is 3.69. The molecule has 0 bridgehead atoms. The highest BCUT2D eigenvalue weighted by Crippen LogP contribution is 2.32. The van der Waals surface area contributed by atoms with Gasteiger partial charge >= 0.3 is 0 Å². The van der Waals surface area contributed by atoms with E-state index in [4.69, 9.17) is 16.3 Å². The van der Waals surface area contributed by atoms with Gasteiger partial charge < -0.3 is 14.6 Å². The molecule has 186 valence electrons. The van der Waals surface area contributed by atoms with Crippen molar-refractivity contribution in [3.8, 4) is 0 Å². The van der Waals surface area contributed by atoms with Gasteiger partial charge in [-0.15, -0.1) is 6.58 Å². The minimum Gasteiger partial charge on any atom is -0.379 e. The summed E-state index contributed by atoms with van der Waals surface area (Å²) in [6, 6.07) is 10.6. The summed E-state index contributed by atoms with van der Waals surface area (Å²) in [6.07, 6.45) is 1.74. The van der Waals surface area contributed by atoms with Crippen LogP contribution in [0.2, 0.25) is 5.02 Å². The third-order valence-electron chi connectivity index (χ3n) is 6.33. The molecule has 1 saturated heterocycles. The molecule has 3 aromatic rings. The van der Waals surface area contributed by atoms with Gasteiger partial charge in [0.1, 0.15) is 5.69 Å². The van der Waals surface area contributed by atoms with Crippen molar-refractivity contribution >= 4 is 44.1 Å². The van der Waals surface area contributed by atoms with E-state index in [0.29, 0.717) is 31.4 Å². The third-order valence-corrected chi connectivity index (χ3v) is 8.55. The molecule has 4 rings (SSSR count). The normalized spacial score (nSPS) is 15.0. The number of fused-ring (bicyclic) bond motifs is 1. The lowest BCUT2D eigenvalue weighted by Gasteiger charge is -2.26. The average molecular weight is 516 g/mol. The Balaban J connectivity index is 1.72. The van der Waals surface area contributed by atoms with Crippen molar-refractivity contribution in [1.82, 2.24) is 8.87 Å². The number of ether oxygens (including phenoxy) is 1. The molecule has 1 aromatic heterocycles. The smallest absolute Gasteiger partial charge is 0.272 e. The second-order valence-corrected chi connectivity index (χ2v) is 11.3. The predicted molar refractivity (Wildman–Crippen MR) is 140 cm³/mol. The Morgan fingerprint density at radius 3 is 2.57 bits per heavy atom. The SMILES string of the molecule is C=CCn1c(C(=O)Nc2cc(S(=O)(=O)N3CCOCC3)ccc2Cl)c(C)c2cc(C(C)C)ccc21. The molecule has 0 unspecified atom stereocenters. The van der Waals surface area contributed by atoms with Crippen LogP contribution >= 0.6 is 11.6 Å². The Labute approximate surface area is 211 Å². The van der Waals surface area contributed by atoms with Crippen LogP contribution in [-0.2, 0) is 21.3 Å². The molecule has 1 aliphatic heterocycles. The molecule has 35 heavy (non-hydrogen) atoms. The van der Waals surface area contributed by atoms with Gasteiger partial charge in [0.05, 0.1) is 28.8 Å². The van der Waals surface area contributed by atoms with E-state index in [1.54, 1.807) is 6.08 Å². The number of rotatable bonds is 7. The monoisotopic (exact) mass is 515 g/mol. The number of carbonyl (C=O) groups excluding carboxylic acids is 1. The number of halogens is 1. The summed E-state index contributed by atoms with van der Waals surface area (Å²) >= 11 is 6.37. The van der Waals surface area contributed by atoms with Crippen molar-refractivity contribution in [3.63, 3.8) is 0 Å². The van der Waals surface area contributed by atoms with E-state index < -0.39 is 10.0 Å². The van der Waals surface area contributed by atoms with Crippen LogP contribution in [0.25, 0.3) is 10.9 Å². The summed E-state index contributed by atoms with van der Waals surface area (Å²) in [5, 5.41) is 4.10. The first-order valence-corrected chi connectivity index (χ1v) is 13.4. The Hall–Kier alpha value is -2.65. The van der Waals surface area contributed by atoms with E-state index in [-0.39, 0.29) is 34.6 Å². The highest BCUT2D eigenvalue weighted by Gasteiger charge is 2.28. The number of hydrogen-bond acceptors (Lipinski definition) is 4. The number of amides is 1. The Bertz CT molecular complexity index is 1390. The fourth-order valence-corrected chi connectivity index (χ4v) is 5.99. The zero-order valence-electron chi connectivity index (χ0n) is 20.2. The van der Waals surface area contributed by atoms with Gasteiger partial charge in [-0.3, -0.25) is 4.79 Å². The molecule has 2 aromatic carbocycles. The van der Waals surface area contributed by atoms with Gasteiger partial charge in [0.15, 0.2) is 0 Å². The lowest BCUT2D eigenvalue weighted by atomic mass is 10.0. The quantitative estimate of drug-likeness (QED) is 0.439. The minimum absolute atomic E-state index is 0.0732. The van der Waals surface area contributed by atoms with Gasteiger partial charge in [0.25, 0.3) is 5.91 Å². The number of hydrogen-bond donors (Lipinski definition) is 1. The van der Waals surface area contributed by atoms with E-state index in [0.717, 1.165) is 16.5 Å².